The van der Waals surface area contributed by atoms with Crippen LogP contribution in [0.5, 0.6) is 0 Å². The molecular formula is C12H18O4. The molecule has 90 valence electrons. The summed E-state index contributed by atoms with van der Waals surface area (Å²) in [6, 6.07) is 0. The van der Waals surface area contributed by atoms with Crippen LogP contribution in [0.1, 0.15) is 44.9 Å². The van der Waals surface area contributed by atoms with Crippen LogP contribution in [-0.2, 0) is 19.1 Å². The second kappa shape index (κ2) is 5.32. The quantitative estimate of drug-likeness (QED) is 0.640. The molecule has 16 heavy (non-hydrogen) atoms. The molecule has 4 nitrogen and oxygen atoms in total. The number of hydrogen-bond donors (Lipinski definition) is 0. The molecule has 0 aromatic heterocycles. The van der Waals surface area contributed by atoms with Crippen LogP contribution in [0, 0.1) is 5.92 Å². The molecule has 0 bridgehead atoms. The number of cyclic esters (lactones) is 2. The number of hydrogen-bond acceptors (Lipinski definition) is 4. The van der Waals surface area contributed by atoms with E-state index in [2.05, 4.69) is 0 Å². The average molecular weight is 226 g/mol. The van der Waals surface area contributed by atoms with Gasteiger partial charge in [-0.1, -0.05) is 0 Å². The van der Waals surface area contributed by atoms with Crippen molar-refractivity contribution in [2.24, 2.45) is 5.92 Å². The van der Waals surface area contributed by atoms with Gasteiger partial charge in [-0.2, -0.15) is 0 Å². The highest BCUT2D eigenvalue weighted by atomic mass is 16.6. The van der Waals surface area contributed by atoms with Gasteiger partial charge in [0.15, 0.2) is 0 Å². The molecule has 0 aromatic carbocycles. The summed E-state index contributed by atoms with van der Waals surface area (Å²) < 4.78 is 10.5. The predicted octanol–water partition coefficient (Wildman–Crippen LogP) is 1.82. The van der Waals surface area contributed by atoms with Crippen molar-refractivity contribution in [3.8, 4) is 0 Å². The van der Waals surface area contributed by atoms with Crippen LogP contribution < -0.4 is 0 Å². The normalized spacial score (nSPS) is 32.2. The molecule has 2 heterocycles. The zero-order chi connectivity index (χ0) is 11.4. The van der Waals surface area contributed by atoms with Gasteiger partial charge in [0, 0.05) is 6.42 Å². The summed E-state index contributed by atoms with van der Waals surface area (Å²) in [6.07, 6.45) is 5.55. The summed E-state index contributed by atoms with van der Waals surface area (Å²) in [4.78, 5) is 23.1. The monoisotopic (exact) mass is 226 g/mol. The Labute approximate surface area is 95.3 Å². The predicted molar refractivity (Wildman–Crippen MR) is 56.6 cm³/mol. The summed E-state index contributed by atoms with van der Waals surface area (Å²) in [7, 11) is 0. The molecule has 2 aliphatic heterocycles. The Hall–Kier alpha value is -1.06. The van der Waals surface area contributed by atoms with Gasteiger partial charge < -0.3 is 9.47 Å². The smallest absolute Gasteiger partial charge is 0.312 e. The lowest BCUT2D eigenvalue weighted by molar-refractivity contribution is -0.160. The highest BCUT2D eigenvalue weighted by molar-refractivity contribution is 5.75. The maximum atomic E-state index is 11.7. The fraction of sp³-hybridized carbons (Fsp3) is 0.833. The summed E-state index contributed by atoms with van der Waals surface area (Å²) in [5.74, 6) is -0.582. The van der Waals surface area contributed by atoms with Crippen LogP contribution in [0.25, 0.3) is 0 Å². The Morgan fingerprint density at radius 3 is 2.69 bits per heavy atom. The first-order valence-corrected chi connectivity index (χ1v) is 6.13. The van der Waals surface area contributed by atoms with Gasteiger partial charge in [-0.15, -0.1) is 0 Å². The Bertz CT molecular complexity index is 274. The second-order valence-electron chi connectivity index (χ2n) is 4.54. The SMILES string of the molecule is O=C1CCCCC(C2CCCCOC2=O)O1. The van der Waals surface area contributed by atoms with E-state index < -0.39 is 0 Å². The van der Waals surface area contributed by atoms with Crippen LogP contribution in [0.3, 0.4) is 0 Å². The van der Waals surface area contributed by atoms with Crippen molar-refractivity contribution >= 4 is 11.9 Å². The first kappa shape index (κ1) is 11.4. The number of ether oxygens (including phenoxy) is 2. The van der Waals surface area contributed by atoms with Crippen molar-refractivity contribution in [3.63, 3.8) is 0 Å². The van der Waals surface area contributed by atoms with E-state index in [4.69, 9.17) is 9.47 Å². The number of carbonyl (C=O) groups is 2. The molecule has 4 heteroatoms. The zero-order valence-corrected chi connectivity index (χ0v) is 9.44. The van der Waals surface area contributed by atoms with E-state index in [9.17, 15) is 9.59 Å². The van der Waals surface area contributed by atoms with Crippen molar-refractivity contribution in [1.29, 1.82) is 0 Å². The molecule has 0 saturated carbocycles. The third kappa shape index (κ3) is 2.74. The fourth-order valence-corrected chi connectivity index (χ4v) is 2.39. The van der Waals surface area contributed by atoms with E-state index in [-0.39, 0.29) is 24.0 Å². The maximum Gasteiger partial charge on any atom is 0.312 e. The highest BCUT2D eigenvalue weighted by Crippen LogP contribution is 2.27. The van der Waals surface area contributed by atoms with Gasteiger partial charge in [-0.25, -0.2) is 0 Å². The van der Waals surface area contributed by atoms with E-state index in [1.54, 1.807) is 0 Å². The molecule has 2 saturated heterocycles. The van der Waals surface area contributed by atoms with Crippen molar-refractivity contribution in [2.75, 3.05) is 6.61 Å². The van der Waals surface area contributed by atoms with Gasteiger partial charge in [0.1, 0.15) is 6.10 Å². The van der Waals surface area contributed by atoms with E-state index in [0.29, 0.717) is 13.0 Å². The Kier molecular flexibility index (Phi) is 3.80. The summed E-state index contributed by atoms with van der Waals surface area (Å²) in [5.41, 5.74) is 0. The first-order valence-electron chi connectivity index (χ1n) is 6.13. The van der Waals surface area contributed by atoms with E-state index in [1.165, 1.54) is 0 Å². The number of esters is 2. The summed E-state index contributed by atoms with van der Waals surface area (Å²) in [5, 5.41) is 0. The zero-order valence-electron chi connectivity index (χ0n) is 9.44. The van der Waals surface area contributed by atoms with Crippen molar-refractivity contribution < 1.29 is 19.1 Å². The topological polar surface area (TPSA) is 52.6 Å². The number of rotatable bonds is 1. The molecule has 0 aliphatic carbocycles. The van der Waals surface area contributed by atoms with Crippen LogP contribution in [-0.4, -0.2) is 24.6 Å². The molecule has 2 fully saturated rings. The standard InChI is InChI=1S/C12H18O4/c13-11-7-2-1-6-10(16-11)9-5-3-4-8-15-12(9)14/h9-10H,1-8H2. The highest BCUT2D eigenvalue weighted by Gasteiger charge is 2.34. The lowest BCUT2D eigenvalue weighted by atomic mass is 9.93. The maximum absolute atomic E-state index is 11.7. The third-order valence-electron chi connectivity index (χ3n) is 3.31. The lowest BCUT2D eigenvalue weighted by Crippen LogP contribution is -2.32. The number of carbonyl (C=O) groups excluding carboxylic acids is 2. The summed E-state index contributed by atoms with van der Waals surface area (Å²) in [6.45, 7) is 0.510. The van der Waals surface area contributed by atoms with Crippen molar-refractivity contribution in [1.82, 2.24) is 0 Å². The Balaban J connectivity index is 2.02. The Morgan fingerprint density at radius 2 is 1.81 bits per heavy atom. The molecule has 0 aromatic rings. The fourth-order valence-electron chi connectivity index (χ4n) is 2.39. The van der Waals surface area contributed by atoms with Gasteiger partial charge in [0.05, 0.1) is 12.5 Å². The average Bonchev–Trinajstić information content (AvgIpc) is 2.58. The Morgan fingerprint density at radius 1 is 1.00 bits per heavy atom. The minimum Gasteiger partial charge on any atom is -0.465 e. The molecular weight excluding hydrogens is 208 g/mol. The van der Waals surface area contributed by atoms with Crippen molar-refractivity contribution in [2.45, 2.75) is 51.0 Å². The van der Waals surface area contributed by atoms with Crippen LogP contribution in [0.2, 0.25) is 0 Å². The molecule has 2 aliphatic rings. The van der Waals surface area contributed by atoms with Crippen LogP contribution in [0.4, 0.5) is 0 Å². The molecule has 2 atom stereocenters. The largest absolute Gasteiger partial charge is 0.465 e. The van der Waals surface area contributed by atoms with Gasteiger partial charge in [0.25, 0.3) is 0 Å². The van der Waals surface area contributed by atoms with E-state index in [0.717, 1.165) is 38.5 Å². The lowest BCUT2D eigenvalue weighted by Gasteiger charge is -2.22. The van der Waals surface area contributed by atoms with E-state index >= 15 is 0 Å². The molecule has 0 N–H and O–H groups in total. The van der Waals surface area contributed by atoms with Gasteiger partial charge in [0.2, 0.25) is 0 Å². The third-order valence-corrected chi connectivity index (χ3v) is 3.31. The van der Waals surface area contributed by atoms with Gasteiger partial charge in [-0.05, 0) is 38.5 Å². The van der Waals surface area contributed by atoms with Crippen LogP contribution in [0.15, 0.2) is 0 Å². The van der Waals surface area contributed by atoms with E-state index in [1.807, 2.05) is 0 Å². The van der Waals surface area contributed by atoms with Gasteiger partial charge in [-0.3, -0.25) is 9.59 Å². The first-order chi connectivity index (χ1) is 7.77. The summed E-state index contributed by atoms with van der Waals surface area (Å²) >= 11 is 0. The minimum absolute atomic E-state index is 0.167. The van der Waals surface area contributed by atoms with Crippen molar-refractivity contribution in [3.05, 3.63) is 0 Å². The minimum atomic E-state index is -0.249. The second-order valence-corrected chi connectivity index (χ2v) is 4.54. The molecule has 0 radical (unpaired) electrons. The molecule has 0 amide bonds. The van der Waals surface area contributed by atoms with Gasteiger partial charge >= 0.3 is 11.9 Å². The molecule has 0 spiro atoms. The molecule has 2 rings (SSSR count). The molecule has 2 unspecified atom stereocenters. The van der Waals surface area contributed by atoms with Crippen LogP contribution >= 0.6 is 0 Å².